The number of likely N-dealkylation sites (tertiary alicyclic amines) is 2. The second-order valence-corrected chi connectivity index (χ2v) is 7.60. The van der Waals surface area contributed by atoms with E-state index in [0.29, 0.717) is 0 Å². The molecule has 2 aliphatic heterocycles. The van der Waals surface area contributed by atoms with Crippen LogP contribution in [0.1, 0.15) is 11.1 Å². The molecule has 2 aromatic rings. The van der Waals surface area contributed by atoms with Crippen LogP contribution in [0.3, 0.4) is 0 Å². The molecule has 28 heavy (non-hydrogen) atoms. The van der Waals surface area contributed by atoms with Gasteiger partial charge < -0.3 is 0 Å². The molecule has 2 saturated heterocycles. The quantitative estimate of drug-likeness (QED) is 0.762. The Morgan fingerprint density at radius 1 is 0.500 bits per heavy atom. The largest absolute Gasteiger partial charge is 0.278 e. The summed E-state index contributed by atoms with van der Waals surface area (Å²) in [6, 6.07) is 18.5. The molecule has 5 rings (SSSR count). The van der Waals surface area contributed by atoms with Gasteiger partial charge in [0.05, 0.1) is 36.8 Å². The molecule has 0 aromatic heterocycles. The maximum Gasteiger partial charge on any atom is 0.234 e. The third kappa shape index (κ3) is 2.27. The van der Waals surface area contributed by atoms with E-state index in [-0.39, 0.29) is 36.7 Å². The number of carbonyl (C=O) groups excluding carboxylic acids is 4. The van der Waals surface area contributed by atoms with Gasteiger partial charge in [-0.25, -0.2) is 0 Å². The molecule has 2 aromatic carbocycles. The van der Waals surface area contributed by atoms with Crippen molar-refractivity contribution in [3.05, 3.63) is 71.8 Å². The van der Waals surface area contributed by atoms with E-state index in [9.17, 15) is 19.2 Å². The van der Waals surface area contributed by atoms with Gasteiger partial charge in [0.2, 0.25) is 23.6 Å². The molecule has 3 fully saturated rings. The van der Waals surface area contributed by atoms with E-state index < -0.39 is 23.7 Å². The summed E-state index contributed by atoms with van der Waals surface area (Å²) >= 11 is 0. The lowest BCUT2D eigenvalue weighted by Gasteiger charge is -2.36. The van der Waals surface area contributed by atoms with E-state index >= 15 is 0 Å². The lowest BCUT2D eigenvalue weighted by Crippen LogP contribution is -2.50. The van der Waals surface area contributed by atoms with Gasteiger partial charge in [-0.2, -0.15) is 0 Å². The lowest BCUT2D eigenvalue weighted by atomic mass is 9.59. The summed E-state index contributed by atoms with van der Waals surface area (Å²) in [5.41, 5.74) is 1.69. The fourth-order valence-electron chi connectivity index (χ4n) is 4.76. The van der Waals surface area contributed by atoms with E-state index in [1.165, 1.54) is 9.80 Å². The zero-order valence-electron chi connectivity index (χ0n) is 15.0. The highest BCUT2D eigenvalue weighted by molar-refractivity contribution is 6.17. The molecule has 0 atom stereocenters. The molecule has 0 radical (unpaired) electrons. The molecule has 1 saturated carbocycles. The number of nitrogens with zero attached hydrogens (tertiary/aromatic N) is 2. The molecule has 2 heterocycles. The molecular weight excluding hydrogens is 356 g/mol. The Hall–Kier alpha value is -3.28. The molecular formula is C22H18N2O4. The molecule has 1 aliphatic carbocycles. The Labute approximate surface area is 161 Å². The average molecular weight is 374 g/mol. The SMILES string of the molecule is O=C1[C@H]2[C@@H]3C(=O)N(Cc4ccccc4)C(=O)[C@@H]3[C@H]2C(=O)N1Cc1ccccc1. The molecule has 6 nitrogen and oxygen atoms in total. The number of amides is 4. The topological polar surface area (TPSA) is 74.8 Å². The van der Waals surface area contributed by atoms with E-state index in [1.807, 2.05) is 60.7 Å². The zero-order chi connectivity index (χ0) is 19.4. The predicted molar refractivity (Wildman–Crippen MR) is 98.0 cm³/mol. The van der Waals surface area contributed by atoms with Crippen LogP contribution in [0.15, 0.2) is 60.7 Å². The minimum Gasteiger partial charge on any atom is -0.278 e. The predicted octanol–water partition coefficient (Wildman–Crippen LogP) is 1.60. The van der Waals surface area contributed by atoms with Crippen molar-refractivity contribution in [2.24, 2.45) is 23.7 Å². The first kappa shape index (κ1) is 16.9. The number of imide groups is 2. The van der Waals surface area contributed by atoms with Gasteiger partial charge in [0, 0.05) is 0 Å². The van der Waals surface area contributed by atoms with Gasteiger partial charge in [-0.3, -0.25) is 29.0 Å². The number of fused-ring (bicyclic) bond motifs is 4. The minimum absolute atomic E-state index is 0.182. The molecule has 3 aliphatic rings. The first-order valence-electron chi connectivity index (χ1n) is 9.36. The van der Waals surface area contributed by atoms with Crippen LogP contribution >= 0.6 is 0 Å². The van der Waals surface area contributed by atoms with Crippen LogP contribution in [0, 0.1) is 23.7 Å². The van der Waals surface area contributed by atoms with Gasteiger partial charge in [0.25, 0.3) is 0 Å². The summed E-state index contributed by atoms with van der Waals surface area (Å²) in [7, 11) is 0. The highest BCUT2D eigenvalue weighted by Gasteiger charge is 2.73. The summed E-state index contributed by atoms with van der Waals surface area (Å²) in [6.45, 7) is 0.363. The monoisotopic (exact) mass is 374 g/mol. The second-order valence-electron chi connectivity index (χ2n) is 7.60. The van der Waals surface area contributed by atoms with Crippen molar-refractivity contribution < 1.29 is 19.2 Å². The maximum absolute atomic E-state index is 12.9. The van der Waals surface area contributed by atoms with Crippen LogP contribution in [0.25, 0.3) is 0 Å². The fraction of sp³-hybridized carbons (Fsp3) is 0.273. The Bertz CT molecular complexity index is 859. The number of hydrogen-bond donors (Lipinski definition) is 0. The number of hydrogen-bond acceptors (Lipinski definition) is 4. The van der Waals surface area contributed by atoms with Crippen molar-refractivity contribution >= 4 is 23.6 Å². The zero-order valence-corrected chi connectivity index (χ0v) is 15.0. The van der Waals surface area contributed by atoms with Crippen LogP contribution in [0.2, 0.25) is 0 Å². The molecule has 0 unspecified atom stereocenters. The van der Waals surface area contributed by atoms with Gasteiger partial charge in [-0.05, 0) is 11.1 Å². The Morgan fingerprint density at radius 3 is 1.07 bits per heavy atom. The molecule has 4 amide bonds. The van der Waals surface area contributed by atoms with E-state index in [4.69, 9.17) is 0 Å². The highest BCUT2D eigenvalue weighted by Crippen LogP contribution is 2.56. The van der Waals surface area contributed by atoms with Crippen molar-refractivity contribution in [3.8, 4) is 0 Å². The van der Waals surface area contributed by atoms with Crippen LogP contribution in [0.4, 0.5) is 0 Å². The van der Waals surface area contributed by atoms with Crippen molar-refractivity contribution in [2.45, 2.75) is 13.1 Å². The molecule has 6 heteroatoms. The van der Waals surface area contributed by atoms with Gasteiger partial charge in [-0.1, -0.05) is 60.7 Å². The third-order valence-corrected chi connectivity index (χ3v) is 6.12. The first-order valence-corrected chi connectivity index (χ1v) is 9.36. The van der Waals surface area contributed by atoms with Gasteiger partial charge >= 0.3 is 0 Å². The maximum atomic E-state index is 12.9. The molecule has 0 spiro atoms. The summed E-state index contributed by atoms with van der Waals surface area (Å²) in [4.78, 5) is 53.9. The molecule has 0 N–H and O–H groups in total. The van der Waals surface area contributed by atoms with Crippen LogP contribution in [0.5, 0.6) is 0 Å². The normalized spacial score (nSPS) is 28.4. The molecule has 0 bridgehead atoms. The van der Waals surface area contributed by atoms with Crippen LogP contribution < -0.4 is 0 Å². The number of benzene rings is 2. The third-order valence-electron chi connectivity index (χ3n) is 6.12. The Kier molecular flexibility index (Phi) is 3.69. The van der Waals surface area contributed by atoms with Gasteiger partial charge in [0.1, 0.15) is 0 Å². The van der Waals surface area contributed by atoms with Crippen LogP contribution in [-0.4, -0.2) is 33.4 Å². The summed E-state index contributed by atoms with van der Waals surface area (Å²) in [5, 5.41) is 0. The van der Waals surface area contributed by atoms with E-state index in [1.54, 1.807) is 0 Å². The lowest BCUT2D eigenvalue weighted by molar-refractivity contribution is -0.146. The number of rotatable bonds is 4. The summed E-state index contributed by atoms with van der Waals surface area (Å²) < 4.78 is 0. The van der Waals surface area contributed by atoms with Gasteiger partial charge in [-0.15, -0.1) is 0 Å². The number of carbonyl (C=O) groups is 4. The highest BCUT2D eigenvalue weighted by atomic mass is 16.2. The summed E-state index contributed by atoms with van der Waals surface area (Å²) in [6.07, 6.45) is 0. The van der Waals surface area contributed by atoms with Crippen molar-refractivity contribution in [2.75, 3.05) is 0 Å². The van der Waals surface area contributed by atoms with E-state index in [0.717, 1.165) is 11.1 Å². The Morgan fingerprint density at radius 2 is 0.786 bits per heavy atom. The first-order chi connectivity index (χ1) is 13.6. The standard InChI is InChI=1S/C22H18N2O4/c25-19-15-16(20(26)23(19)11-13-7-3-1-4-8-13)18-17(15)21(27)24(22(18)28)12-14-9-5-2-6-10-14/h1-10,15-18H,11-12H2/t15-,16+,17+,18-. The van der Waals surface area contributed by atoms with Crippen molar-refractivity contribution in [3.63, 3.8) is 0 Å². The summed E-state index contributed by atoms with van der Waals surface area (Å²) in [5.74, 6) is -4.11. The second kappa shape index (κ2) is 6.12. The smallest absolute Gasteiger partial charge is 0.234 e. The Balaban J connectivity index is 1.38. The van der Waals surface area contributed by atoms with Gasteiger partial charge in [0.15, 0.2) is 0 Å². The minimum atomic E-state index is -0.696. The van der Waals surface area contributed by atoms with E-state index in [2.05, 4.69) is 0 Å². The van der Waals surface area contributed by atoms with Crippen LogP contribution in [-0.2, 0) is 32.3 Å². The van der Waals surface area contributed by atoms with Crippen molar-refractivity contribution in [1.29, 1.82) is 0 Å². The average Bonchev–Trinajstić information content (AvgIpc) is 3.00. The molecule has 140 valence electrons. The fourth-order valence-corrected chi connectivity index (χ4v) is 4.76. The van der Waals surface area contributed by atoms with Crippen molar-refractivity contribution in [1.82, 2.24) is 9.80 Å².